The van der Waals surface area contributed by atoms with Gasteiger partial charge in [0.1, 0.15) is 0 Å². The Balaban J connectivity index is 1.90. The second-order valence-electron chi connectivity index (χ2n) is 6.36. The SMILES string of the molecule is CCC1CCN(CC(C)c2ccccc2)CCC(C)N1. The third-order valence-electron chi connectivity index (χ3n) is 4.59. The summed E-state index contributed by atoms with van der Waals surface area (Å²) in [5.41, 5.74) is 1.47. The molecule has 1 fully saturated rings. The Morgan fingerprint density at radius 2 is 1.90 bits per heavy atom. The Morgan fingerprint density at radius 1 is 1.20 bits per heavy atom. The molecule has 3 unspecified atom stereocenters. The zero-order chi connectivity index (χ0) is 14.4. The van der Waals surface area contributed by atoms with Crippen molar-refractivity contribution in [3.8, 4) is 0 Å². The molecule has 0 aliphatic carbocycles. The van der Waals surface area contributed by atoms with Crippen LogP contribution in [0, 0.1) is 0 Å². The molecule has 2 rings (SSSR count). The van der Waals surface area contributed by atoms with E-state index in [9.17, 15) is 0 Å². The normalized spacial score (nSPS) is 26.8. The van der Waals surface area contributed by atoms with Gasteiger partial charge in [0, 0.05) is 18.6 Å². The van der Waals surface area contributed by atoms with Crippen LogP contribution in [-0.4, -0.2) is 36.6 Å². The molecule has 20 heavy (non-hydrogen) atoms. The molecule has 112 valence electrons. The average molecular weight is 274 g/mol. The Kier molecular flexibility index (Phi) is 6.06. The molecule has 0 bridgehead atoms. The second kappa shape index (κ2) is 7.80. The van der Waals surface area contributed by atoms with Gasteiger partial charge in [0.2, 0.25) is 0 Å². The first-order chi connectivity index (χ1) is 9.69. The van der Waals surface area contributed by atoms with Gasteiger partial charge in [-0.15, -0.1) is 0 Å². The van der Waals surface area contributed by atoms with E-state index in [1.807, 2.05) is 0 Å². The lowest BCUT2D eigenvalue weighted by atomic mass is 9.99. The van der Waals surface area contributed by atoms with Crippen molar-refractivity contribution in [3.05, 3.63) is 35.9 Å². The summed E-state index contributed by atoms with van der Waals surface area (Å²) in [4.78, 5) is 2.66. The predicted octanol–water partition coefficient (Wildman–Crippen LogP) is 3.64. The van der Waals surface area contributed by atoms with Gasteiger partial charge in [-0.1, -0.05) is 44.2 Å². The van der Waals surface area contributed by atoms with Crippen molar-refractivity contribution in [2.75, 3.05) is 19.6 Å². The number of nitrogens with one attached hydrogen (secondary N) is 1. The summed E-state index contributed by atoms with van der Waals surface area (Å²) in [6, 6.07) is 12.3. The zero-order valence-electron chi connectivity index (χ0n) is 13.3. The van der Waals surface area contributed by atoms with Crippen LogP contribution in [0.2, 0.25) is 0 Å². The maximum absolute atomic E-state index is 3.75. The van der Waals surface area contributed by atoms with E-state index in [1.54, 1.807) is 0 Å². The molecule has 1 saturated heterocycles. The van der Waals surface area contributed by atoms with E-state index in [4.69, 9.17) is 0 Å². The van der Waals surface area contributed by atoms with E-state index in [2.05, 4.69) is 61.3 Å². The zero-order valence-corrected chi connectivity index (χ0v) is 13.3. The fourth-order valence-electron chi connectivity index (χ4n) is 3.17. The van der Waals surface area contributed by atoms with Crippen LogP contribution in [0.25, 0.3) is 0 Å². The van der Waals surface area contributed by atoms with Crippen LogP contribution in [0.15, 0.2) is 30.3 Å². The number of hydrogen-bond acceptors (Lipinski definition) is 2. The standard InChI is InChI=1S/C18H30N2/c1-4-18-11-13-20(12-10-16(3)19-18)14-15(2)17-8-6-5-7-9-17/h5-9,15-16,18-19H,4,10-14H2,1-3H3. The van der Waals surface area contributed by atoms with Gasteiger partial charge in [-0.05, 0) is 50.8 Å². The van der Waals surface area contributed by atoms with Crippen molar-refractivity contribution in [1.82, 2.24) is 10.2 Å². The summed E-state index contributed by atoms with van der Waals surface area (Å²) in [6.45, 7) is 10.6. The molecule has 1 aliphatic rings. The minimum atomic E-state index is 0.624. The summed E-state index contributed by atoms with van der Waals surface area (Å²) in [6.07, 6.45) is 3.78. The van der Waals surface area contributed by atoms with Crippen molar-refractivity contribution in [1.29, 1.82) is 0 Å². The molecule has 3 atom stereocenters. The summed E-state index contributed by atoms with van der Waals surface area (Å²) < 4.78 is 0. The smallest absolute Gasteiger partial charge is 0.00790 e. The minimum absolute atomic E-state index is 0.624. The van der Waals surface area contributed by atoms with Gasteiger partial charge in [0.25, 0.3) is 0 Å². The summed E-state index contributed by atoms with van der Waals surface area (Å²) in [5, 5.41) is 3.75. The average Bonchev–Trinajstić information content (AvgIpc) is 2.47. The molecule has 0 spiro atoms. The molecule has 1 N–H and O–H groups in total. The molecular weight excluding hydrogens is 244 g/mol. The molecule has 0 saturated carbocycles. The fourth-order valence-corrected chi connectivity index (χ4v) is 3.17. The van der Waals surface area contributed by atoms with Crippen LogP contribution in [0.1, 0.15) is 51.5 Å². The minimum Gasteiger partial charge on any atom is -0.311 e. The highest BCUT2D eigenvalue weighted by molar-refractivity contribution is 5.19. The van der Waals surface area contributed by atoms with E-state index in [-0.39, 0.29) is 0 Å². The van der Waals surface area contributed by atoms with Gasteiger partial charge in [0.05, 0.1) is 0 Å². The number of nitrogens with zero attached hydrogens (tertiary/aromatic N) is 1. The number of benzene rings is 1. The van der Waals surface area contributed by atoms with E-state index in [0.29, 0.717) is 18.0 Å². The molecule has 0 amide bonds. The van der Waals surface area contributed by atoms with Gasteiger partial charge >= 0.3 is 0 Å². The van der Waals surface area contributed by atoms with Gasteiger partial charge in [0.15, 0.2) is 0 Å². The van der Waals surface area contributed by atoms with Crippen molar-refractivity contribution >= 4 is 0 Å². The van der Waals surface area contributed by atoms with Crippen LogP contribution < -0.4 is 5.32 Å². The summed E-state index contributed by atoms with van der Waals surface area (Å²) >= 11 is 0. The second-order valence-corrected chi connectivity index (χ2v) is 6.36. The van der Waals surface area contributed by atoms with Gasteiger partial charge in [-0.3, -0.25) is 0 Å². The Hall–Kier alpha value is -0.860. The monoisotopic (exact) mass is 274 g/mol. The Bertz CT molecular complexity index is 376. The van der Waals surface area contributed by atoms with Crippen LogP contribution in [0.4, 0.5) is 0 Å². The van der Waals surface area contributed by atoms with Crippen molar-refractivity contribution in [3.63, 3.8) is 0 Å². The van der Waals surface area contributed by atoms with Crippen LogP contribution in [-0.2, 0) is 0 Å². The van der Waals surface area contributed by atoms with Crippen molar-refractivity contribution in [2.45, 2.75) is 58.0 Å². The number of rotatable bonds is 4. The molecule has 0 aromatic heterocycles. The van der Waals surface area contributed by atoms with Crippen LogP contribution in [0.5, 0.6) is 0 Å². The largest absolute Gasteiger partial charge is 0.311 e. The third-order valence-corrected chi connectivity index (χ3v) is 4.59. The first kappa shape index (κ1) is 15.5. The molecule has 1 aromatic rings. The highest BCUT2D eigenvalue weighted by Crippen LogP contribution is 2.18. The van der Waals surface area contributed by atoms with Crippen molar-refractivity contribution in [2.24, 2.45) is 0 Å². The number of hydrogen-bond donors (Lipinski definition) is 1. The molecule has 1 aromatic carbocycles. The first-order valence-electron chi connectivity index (χ1n) is 8.22. The molecule has 0 radical (unpaired) electrons. The van der Waals surface area contributed by atoms with E-state index < -0.39 is 0 Å². The highest BCUT2D eigenvalue weighted by Gasteiger charge is 2.19. The van der Waals surface area contributed by atoms with E-state index in [1.165, 1.54) is 44.5 Å². The lowest BCUT2D eigenvalue weighted by Gasteiger charge is -2.33. The maximum atomic E-state index is 3.75. The summed E-state index contributed by atoms with van der Waals surface area (Å²) in [5.74, 6) is 0.624. The van der Waals surface area contributed by atoms with Crippen LogP contribution >= 0.6 is 0 Å². The van der Waals surface area contributed by atoms with Gasteiger partial charge in [-0.2, -0.15) is 0 Å². The summed E-state index contributed by atoms with van der Waals surface area (Å²) in [7, 11) is 0. The first-order valence-corrected chi connectivity index (χ1v) is 8.22. The van der Waals surface area contributed by atoms with Gasteiger partial charge in [-0.25, -0.2) is 0 Å². The quantitative estimate of drug-likeness (QED) is 0.901. The lowest BCUT2D eigenvalue weighted by Crippen LogP contribution is -2.44. The Labute approximate surface area is 124 Å². The third kappa shape index (κ3) is 4.60. The van der Waals surface area contributed by atoms with Gasteiger partial charge < -0.3 is 10.2 Å². The molecular formula is C18H30N2. The van der Waals surface area contributed by atoms with Crippen molar-refractivity contribution < 1.29 is 0 Å². The predicted molar refractivity (Wildman–Crippen MR) is 87.2 cm³/mol. The Morgan fingerprint density at radius 3 is 2.60 bits per heavy atom. The molecule has 2 nitrogen and oxygen atoms in total. The molecule has 2 heteroatoms. The molecule has 1 heterocycles. The van der Waals surface area contributed by atoms with E-state index >= 15 is 0 Å². The topological polar surface area (TPSA) is 15.3 Å². The fraction of sp³-hybridized carbons (Fsp3) is 0.667. The molecule has 1 aliphatic heterocycles. The lowest BCUT2D eigenvalue weighted by molar-refractivity contribution is 0.205. The highest BCUT2D eigenvalue weighted by atomic mass is 15.1. The maximum Gasteiger partial charge on any atom is 0.00790 e. The van der Waals surface area contributed by atoms with Crippen LogP contribution in [0.3, 0.4) is 0 Å². The van der Waals surface area contributed by atoms with E-state index in [0.717, 1.165) is 0 Å².